The molecular formula is C26H18FN2Si. The summed E-state index contributed by atoms with van der Waals surface area (Å²) in [6, 6.07) is 33.7. The molecule has 0 aliphatic rings. The van der Waals surface area contributed by atoms with Gasteiger partial charge in [0.05, 0.1) is 16.9 Å². The van der Waals surface area contributed by atoms with Crippen LogP contribution in [0.25, 0.3) is 22.3 Å². The van der Waals surface area contributed by atoms with Crippen molar-refractivity contribution >= 4 is 35.3 Å². The van der Waals surface area contributed by atoms with Gasteiger partial charge in [-0.15, -0.1) is 0 Å². The first-order valence-corrected chi connectivity index (χ1v) is 11.3. The summed E-state index contributed by atoms with van der Waals surface area (Å²) in [5, 5.41) is 4.10. The first kappa shape index (κ1) is 18.4. The number of hydrogen-bond donors (Lipinski definition) is 0. The first-order valence-electron chi connectivity index (χ1n) is 9.80. The molecule has 0 bridgehead atoms. The van der Waals surface area contributed by atoms with Gasteiger partial charge in [-0.1, -0.05) is 83.2 Å². The Morgan fingerprint density at radius 3 is 1.90 bits per heavy atom. The molecule has 4 heteroatoms. The Morgan fingerprint density at radius 1 is 0.600 bits per heavy atom. The van der Waals surface area contributed by atoms with E-state index >= 15 is 0 Å². The van der Waals surface area contributed by atoms with Crippen molar-refractivity contribution in [3.63, 3.8) is 0 Å². The first-order chi connectivity index (χ1) is 14.8. The third kappa shape index (κ3) is 3.42. The van der Waals surface area contributed by atoms with Crippen LogP contribution in [0.15, 0.2) is 109 Å². The lowest BCUT2D eigenvalue weighted by Gasteiger charge is -2.19. The number of halogens is 1. The SMILES string of the molecule is Fc1ccc([Si](c2ccccc2)c2ccccc2)c2nc(-c3ccccn3)ccc12. The molecule has 3 aromatic carbocycles. The molecule has 0 amide bonds. The molecule has 2 nitrogen and oxygen atoms in total. The Bertz CT molecular complexity index is 1250. The highest BCUT2D eigenvalue weighted by molar-refractivity contribution is 6.96. The summed E-state index contributed by atoms with van der Waals surface area (Å²) in [7, 11) is -1.37. The second-order valence-electron chi connectivity index (χ2n) is 7.01. The van der Waals surface area contributed by atoms with Gasteiger partial charge in [0.1, 0.15) is 5.82 Å². The summed E-state index contributed by atoms with van der Waals surface area (Å²) in [4.78, 5) is 9.32. The number of fused-ring (bicyclic) bond motifs is 1. The smallest absolute Gasteiger partial charge is 0.157 e. The van der Waals surface area contributed by atoms with Gasteiger partial charge in [0.2, 0.25) is 0 Å². The summed E-state index contributed by atoms with van der Waals surface area (Å²) in [5.41, 5.74) is 2.24. The molecule has 0 saturated heterocycles. The summed E-state index contributed by atoms with van der Waals surface area (Å²) in [6.45, 7) is 0. The number of pyridine rings is 2. The Hall–Kier alpha value is -3.63. The predicted molar refractivity (Wildman–Crippen MR) is 122 cm³/mol. The maximum atomic E-state index is 14.7. The monoisotopic (exact) mass is 405 g/mol. The fraction of sp³-hybridized carbons (Fsp3) is 0. The van der Waals surface area contributed by atoms with Crippen molar-refractivity contribution in [1.29, 1.82) is 0 Å². The van der Waals surface area contributed by atoms with Crippen molar-refractivity contribution in [3.8, 4) is 11.4 Å². The Labute approximate surface area is 176 Å². The topological polar surface area (TPSA) is 25.8 Å². The summed E-state index contributed by atoms with van der Waals surface area (Å²) < 4.78 is 14.7. The van der Waals surface area contributed by atoms with Crippen LogP contribution in [-0.4, -0.2) is 18.8 Å². The van der Waals surface area contributed by atoms with Crippen LogP contribution in [0.1, 0.15) is 0 Å². The lowest BCUT2D eigenvalue weighted by atomic mass is 10.1. The molecule has 143 valence electrons. The molecule has 5 rings (SSSR count). The zero-order valence-electron chi connectivity index (χ0n) is 16.2. The van der Waals surface area contributed by atoms with Crippen LogP contribution in [0.5, 0.6) is 0 Å². The van der Waals surface area contributed by atoms with Crippen molar-refractivity contribution < 1.29 is 4.39 Å². The molecule has 0 aliphatic heterocycles. The number of aromatic nitrogens is 2. The Kier molecular flexibility index (Phi) is 4.91. The number of rotatable bonds is 4. The number of nitrogens with zero attached hydrogens (tertiary/aromatic N) is 2. The van der Waals surface area contributed by atoms with E-state index in [2.05, 4.69) is 53.5 Å². The van der Waals surface area contributed by atoms with Gasteiger partial charge >= 0.3 is 0 Å². The van der Waals surface area contributed by atoms with Gasteiger partial charge in [0.25, 0.3) is 0 Å². The normalized spacial score (nSPS) is 11.1. The van der Waals surface area contributed by atoms with Crippen molar-refractivity contribution in [2.45, 2.75) is 0 Å². The minimum absolute atomic E-state index is 0.253. The molecule has 0 N–H and O–H groups in total. The molecule has 2 aromatic heterocycles. The van der Waals surface area contributed by atoms with Crippen molar-refractivity contribution in [3.05, 3.63) is 115 Å². The summed E-state index contributed by atoms with van der Waals surface area (Å²) in [5.74, 6) is -0.253. The summed E-state index contributed by atoms with van der Waals surface area (Å²) >= 11 is 0. The van der Waals surface area contributed by atoms with Gasteiger partial charge in [-0.05, 0) is 35.5 Å². The van der Waals surface area contributed by atoms with Crippen molar-refractivity contribution in [1.82, 2.24) is 9.97 Å². The second-order valence-corrected chi connectivity index (χ2v) is 9.45. The van der Waals surface area contributed by atoms with E-state index in [1.165, 1.54) is 10.4 Å². The number of hydrogen-bond acceptors (Lipinski definition) is 2. The van der Waals surface area contributed by atoms with Crippen molar-refractivity contribution in [2.75, 3.05) is 0 Å². The highest BCUT2D eigenvalue weighted by Gasteiger charge is 2.23. The van der Waals surface area contributed by atoms with E-state index in [0.717, 1.165) is 16.6 Å². The number of benzene rings is 3. The molecule has 30 heavy (non-hydrogen) atoms. The molecule has 5 aromatic rings. The van der Waals surface area contributed by atoms with Crippen LogP contribution in [0, 0.1) is 5.82 Å². The van der Waals surface area contributed by atoms with Gasteiger partial charge < -0.3 is 0 Å². The minimum atomic E-state index is -1.37. The van der Waals surface area contributed by atoms with Crippen LogP contribution >= 0.6 is 0 Å². The largest absolute Gasteiger partial charge is 0.255 e. The quantitative estimate of drug-likeness (QED) is 0.334. The van der Waals surface area contributed by atoms with E-state index in [4.69, 9.17) is 4.98 Å². The molecule has 0 spiro atoms. The van der Waals surface area contributed by atoms with Crippen LogP contribution in [0.2, 0.25) is 0 Å². The highest BCUT2D eigenvalue weighted by atomic mass is 28.3. The van der Waals surface area contributed by atoms with E-state index in [0.29, 0.717) is 10.9 Å². The van der Waals surface area contributed by atoms with E-state index in [1.54, 1.807) is 12.3 Å². The van der Waals surface area contributed by atoms with E-state index in [1.807, 2.05) is 48.5 Å². The summed E-state index contributed by atoms with van der Waals surface area (Å²) in [6.07, 6.45) is 1.75. The lowest BCUT2D eigenvalue weighted by Crippen LogP contribution is -2.52. The second kappa shape index (κ2) is 8.01. The van der Waals surface area contributed by atoms with Crippen LogP contribution in [0.4, 0.5) is 4.39 Å². The highest BCUT2D eigenvalue weighted by Crippen LogP contribution is 2.21. The third-order valence-electron chi connectivity index (χ3n) is 5.13. The zero-order valence-corrected chi connectivity index (χ0v) is 17.2. The maximum Gasteiger partial charge on any atom is 0.157 e. The molecule has 0 aliphatic carbocycles. The van der Waals surface area contributed by atoms with Crippen LogP contribution < -0.4 is 15.6 Å². The molecular weight excluding hydrogens is 387 g/mol. The molecule has 2 heterocycles. The average molecular weight is 406 g/mol. The van der Waals surface area contributed by atoms with E-state index in [-0.39, 0.29) is 5.82 Å². The van der Waals surface area contributed by atoms with Crippen LogP contribution in [-0.2, 0) is 0 Å². The fourth-order valence-corrected chi connectivity index (χ4v) is 6.41. The molecule has 0 fully saturated rings. The fourth-order valence-electron chi connectivity index (χ4n) is 3.73. The van der Waals surface area contributed by atoms with Gasteiger partial charge in [0, 0.05) is 11.6 Å². The van der Waals surface area contributed by atoms with E-state index in [9.17, 15) is 4.39 Å². The van der Waals surface area contributed by atoms with Crippen molar-refractivity contribution in [2.24, 2.45) is 0 Å². The molecule has 1 radical (unpaired) electrons. The van der Waals surface area contributed by atoms with Gasteiger partial charge in [-0.25, -0.2) is 9.37 Å². The average Bonchev–Trinajstić information content (AvgIpc) is 2.82. The Morgan fingerprint density at radius 2 is 1.27 bits per heavy atom. The zero-order chi connectivity index (χ0) is 20.3. The predicted octanol–water partition coefficient (Wildman–Crippen LogP) is 3.95. The van der Waals surface area contributed by atoms with Crippen LogP contribution in [0.3, 0.4) is 0 Å². The minimum Gasteiger partial charge on any atom is -0.255 e. The van der Waals surface area contributed by atoms with Gasteiger partial charge in [-0.2, -0.15) is 0 Å². The Balaban J connectivity index is 1.78. The third-order valence-corrected chi connectivity index (χ3v) is 7.89. The molecule has 0 atom stereocenters. The molecule has 0 saturated carbocycles. The standard InChI is InChI=1S/C26H18FN2Si/c27-22-15-17-25(26-21(22)14-16-24(29-26)23-13-7-8-18-28-23)30(19-9-3-1-4-10-19)20-11-5-2-6-12-20/h1-18H. The lowest BCUT2D eigenvalue weighted by molar-refractivity contribution is 0.640. The van der Waals surface area contributed by atoms with Gasteiger partial charge in [-0.3, -0.25) is 4.98 Å². The van der Waals surface area contributed by atoms with Gasteiger partial charge in [0.15, 0.2) is 8.80 Å². The molecule has 0 unspecified atom stereocenters. The maximum absolute atomic E-state index is 14.7. The van der Waals surface area contributed by atoms with E-state index < -0.39 is 8.80 Å².